The fraction of sp³-hybridized carbons (Fsp3) is 0.304. The molecular weight excluding hydrogens is 366 g/mol. The second-order valence-electron chi connectivity index (χ2n) is 8.21. The smallest absolute Gasteiger partial charge is 0.235 e. The zero-order valence-electron chi connectivity index (χ0n) is 15.8. The topological polar surface area (TPSA) is 87.1 Å². The van der Waals surface area contributed by atoms with Crippen LogP contribution in [0.4, 0.5) is 0 Å². The molecule has 0 radical (unpaired) electrons. The van der Waals surface area contributed by atoms with E-state index in [9.17, 15) is 14.7 Å². The number of carbonyl (C=O) groups excluding carboxylic acids is 2. The van der Waals surface area contributed by atoms with Crippen LogP contribution in [0, 0.1) is 0 Å². The van der Waals surface area contributed by atoms with Gasteiger partial charge in [0.1, 0.15) is 6.23 Å². The van der Waals surface area contributed by atoms with Gasteiger partial charge in [-0.05, 0) is 47.9 Å². The van der Waals surface area contributed by atoms with Crippen LogP contribution >= 0.6 is 0 Å². The lowest BCUT2D eigenvalue weighted by Gasteiger charge is -2.21. The van der Waals surface area contributed by atoms with Gasteiger partial charge in [0.15, 0.2) is 0 Å². The Balaban J connectivity index is 1.56. The molecule has 3 aromatic rings. The van der Waals surface area contributed by atoms with Crippen molar-refractivity contribution in [1.29, 1.82) is 0 Å². The van der Waals surface area contributed by atoms with E-state index in [4.69, 9.17) is 0 Å². The average Bonchev–Trinajstić information content (AvgIpc) is 3.39. The molecule has 1 aromatic carbocycles. The number of fused-ring (bicyclic) bond motifs is 1. The van der Waals surface area contributed by atoms with Gasteiger partial charge in [0.05, 0.1) is 17.4 Å². The number of benzene rings is 1. The Hall–Kier alpha value is -3.12. The number of imide groups is 1. The van der Waals surface area contributed by atoms with Gasteiger partial charge in [0.2, 0.25) is 11.8 Å². The molecule has 6 nitrogen and oxygen atoms in total. The number of aliphatic hydroxyl groups is 1. The van der Waals surface area contributed by atoms with Crippen molar-refractivity contribution in [1.82, 2.24) is 14.9 Å². The molecule has 3 aliphatic rings. The molecule has 2 aromatic heterocycles. The van der Waals surface area contributed by atoms with Crippen LogP contribution in [-0.2, 0) is 22.4 Å². The van der Waals surface area contributed by atoms with E-state index in [1.807, 2.05) is 29.1 Å². The SMILES string of the molecule is O=C1NC(=O)[C@@H](c2cn3c4c(cccc24)CCC3O)[C@@H]1c1c[nH]c2c1C=CCC2. The van der Waals surface area contributed by atoms with Crippen LogP contribution in [0.2, 0.25) is 0 Å². The van der Waals surface area contributed by atoms with Crippen molar-refractivity contribution in [3.05, 3.63) is 64.6 Å². The normalized spacial score (nSPS) is 25.5. The fourth-order valence-corrected chi connectivity index (χ4v) is 5.33. The van der Waals surface area contributed by atoms with Gasteiger partial charge in [-0.3, -0.25) is 14.9 Å². The highest BCUT2D eigenvalue weighted by molar-refractivity contribution is 6.12. The highest BCUT2D eigenvalue weighted by Gasteiger charge is 2.46. The average molecular weight is 387 g/mol. The zero-order chi connectivity index (χ0) is 19.7. The number of hydrogen-bond donors (Lipinski definition) is 3. The Morgan fingerprint density at radius 1 is 1.07 bits per heavy atom. The first-order valence-corrected chi connectivity index (χ1v) is 10.2. The number of nitrogens with one attached hydrogen (secondary N) is 2. The summed E-state index contributed by atoms with van der Waals surface area (Å²) >= 11 is 0. The number of aromatic nitrogens is 2. The maximum Gasteiger partial charge on any atom is 0.235 e. The first-order valence-electron chi connectivity index (χ1n) is 10.2. The van der Waals surface area contributed by atoms with E-state index >= 15 is 0 Å². The van der Waals surface area contributed by atoms with E-state index in [1.165, 1.54) is 5.56 Å². The van der Waals surface area contributed by atoms with Gasteiger partial charge >= 0.3 is 0 Å². The van der Waals surface area contributed by atoms with Crippen LogP contribution in [0.1, 0.15) is 58.9 Å². The predicted molar refractivity (Wildman–Crippen MR) is 108 cm³/mol. The second-order valence-corrected chi connectivity index (χ2v) is 8.21. The van der Waals surface area contributed by atoms with E-state index in [0.29, 0.717) is 6.42 Å². The summed E-state index contributed by atoms with van der Waals surface area (Å²) in [6, 6.07) is 6.05. The Labute approximate surface area is 167 Å². The summed E-state index contributed by atoms with van der Waals surface area (Å²) < 4.78 is 1.86. The number of rotatable bonds is 2. The molecular formula is C23H21N3O3. The number of para-hydroxylation sites is 1. The minimum Gasteiger partial charge on any atom is -0.373 e. The van der Waals surface area contributed by atoms with E-state index in [-0.39, 0.29) is 11.8 Å². The van der Waals surface area contributed by atoms with Crippen LogP contribution in [0.25, 0.3) is 17.0 Å². The number of aromatic amines is 1. The largest absolute Gasteiger partial charge is 0.373 e. The van der Waals surface area contributed by atoms with Crippen LogP contribution in [-0.4, -0.2) is 26.5 Å². The molecule has 1 fully saturated rings. The Bertz CT molecular complexity index is 1220. The van der Waals surface area contributed by atoms with Crippen molar-refractivity contribution in [3.63, 3.8) is 0 Å². The maximum atomic E-state index is 13.0. The summed E-state index contributed by atoms with van der Waals surface area (Å²) in [5.41, 5.74) is 5.98. The molecule has 2 amide bonds. The van der Waals surface area contributed by atoms with Crippen LogP contribution < -0.4 is 5.32 Å². The number of carbonyl (C=O) groups is 2. The maximum absolute atomic E-state index is 13.0. The standard InChI is InChI=1S/C23H21N3O3/c27-18-9-8-12-4-3-6-14-16(11-26(18)21(12)14)20-19(22(28)25-23(20)29)15-10-24-17-7-2-1-5-13(15)17/h1,3-6,10-11,18-20,24,27H,2,7-9H2,(H,25,28,29)/t18?,19-,20-/m0/s1. The van der Waals surface area contributed by atoms with Gasteiger partial charge < -0.3 is 14.7 Å². The molecule has 3 atom stereocenters. The molecule has 3 N–H and O–H groups in total. The monoisotopic (exact) mass is 387 g/mol. The van der Waals surface area contributed by atoms with Gasteiger partial charge in [-0.15, -0.1) is 0 Å². The number of H-pyrrole nitrogens is 1. The second kappa shape index (κ2) is 5.94. The number of amides is 2. The zero-order valence-corrected chi connectivity index (χ0v) is 15.8. The summed E-state index contributed by atoms with van der Waals surface area (Å²) in [5.74, 6) is -1.71. The summed E-state index contributed by atoms with van der Waals surface area (Å²) in [5, 5.41) is 14.0. The molecule has 0 saturated carbocycles. The van der Waals surface area contributed by atoms with Crippen molar-refractivity contribution in [2.75, 3.05) is 0 Å². The molecule has 6 rings (SSSR count). The van der Waals surface area contributed by atoms with Gasteiger partial charge in [0.25, 0.3) is 0 Å². The molecule has 146 valence electrons. The Kier molecular flexibility index (Phi) is 3.44. The number of aryl methyl sites for hydroxylation is 2. The van der Waals surface area contributed by atoms with Gasteiger partial charge in [-0.25, -0.2) is 0 Å². The lowest BCUT2D eigenvalue weighted by atomic mass is 9.81. The first kappa shape index (κ1) is 16.8. The molecule has 2 aliphatic heterocycles. The van der Waals surface area contributed by atoms with Gasteiger partial charge in [0, 0.05) is 23.5 Å². The third-order valence-electron chi connectivity index (χ3n) is 6.66. The summed E-state index contributed by atoms with van der Waals surface area (Å²) in [6.45, 7) is 0. The number of aliphatic hydroxyl groups excluding tert-OH is 1. The Morgan fingerprint density at radius 2 is 1.90 bits per heavy atom. The molecule has 0 spiro atoms. The fourth-order valence-electron chi connectivity index (χ4n) is 5.33. The van der Waals surface area contributed by atoms with Crippen molar-refractivity contribution in [2.45, 2.75) is 43.7 Å². The third-order valence-corrected chi connectivity index (χ3v) is 6.66. The Morgan fingerprint density at radius 3 is 2.76 bits per heavy atom. The molecule has 29 heavy (non-hydrogen) atoms. The van der Waals surface area contributed by atoms with Gasteiger partial charge in [-0.2, -0.15) is 0 Å². The molecule has 1 unspecified atom stereocenters. The number of hydrogen-bond acceptors (Lipinski definition) is 3. The summed E-state index contributed by atoms with van der Waals surface area (Å²) in [7, 11) is 0. The van der Waals surface area contributed by atoms with E-state index in [0.717, 1.165) is 52.5 Å². The molecule has 6 heteroatoms. The molecule has 1 aliphatic carbocycles. The number of nitrogens with zero attached hydrogens (tertiary/aromatic N) is 1. The quantitative estimate of drug-likeness (QED) is 0.591. The molecule has 0 bridgehead atoms. The van der Waals surface area contributed by atoms with Crippen molar-refractivity contribution < 1.29 is 14.7 Å². The van der Waals surface area contributed by atoms with E-state index < -0.39 is 18.1 Å². The summed E-state index contributed by atoms with van der Waals surface area (Å²) in [4.78, 5) is 29.1. The molecule has 1 saturated heterocycles. The van der Waals surface area contributed by atoms with Crippen molar-refractivity contribution >= 4 is 28.8 Å². The van der Waals surface area contributed by atoms with Crippen LogP contribution in [0.5, 0.6) is 0 Å². The third kappa shape index (κ3) is 2.26. The number of allylic oxidation sites excluding steroid dienone is 1. The van der Waals surface area contributed by atoms with Crippen molar-refractivity contribution in [3.8, 4) is 0 Å². The first-order chi connectivity index (χ1) is 14.1. The minimum absolute atomic E-state index is 0.256. The minimum atomic E-state index is -0.609. The highest BCUT2D eigenvalue weighted by atomic mass is 16.3. The van der Waals surface area contributed by atoms with E-state index in [1.54, 1.807) is 0 Å². The lowest BCUT2D eigenvalue weighted by molar-refractivity contribution is -0.125. The van der Waals surface area contributed by atoms with Crippen LogP contribution in [0.3, 0.4) is 0 Å². The lowest BCUT2D eigenvalue weighted by Crippen LogP contribution is -2.21. The van der Waals surface area contributed by atoms with E-state index in [2.05, 4.69) is 28.5 Å². The molecule has 4 heterocycles. The predicted octanol–water partition coefficient (Wildman–Crippen LogP) is 2.89. The van der Waals surface area contributed by atoms with Crippen LogP contribution in [0.15, 0.2) is 36.7 Å². The summed E-state index contributed by atoms with van der Waals surface area (Å²) in [6.07, 6.45) is 10.7. The van der Waals surface area contributed by atoms with Gasteiger partial charge in [-0.1, -0.05) is 30.4 Å². The highest BCUT2D eigenvalue weighted by Crippen LogP contribution is 2.45. The van der Waals surface area contributed by atoms with Crippen molar-refractivity contribution in [2.24, 2.45) is 0 Å².